The van der Waals surface area contributed by atoms with Crippen LogP contribution in [-0.4, -0.2) is 50.2 Å². The van der Waals surface area contributed by atoms with Gasteiger partial charge in [-0.25, -0.2) is 13.2 Å². The average Bonchev–Trinajstić information content (AvgIpc) is 3.28. The Bertz CT molecular complexity index is 1060. The molecule has 30 heavy (non-hydrogen) atoms. The summed E-state index contributed by atoms with van der Waals surface area (Å²) in [6.07, 6.45) is 1.61. The summed E-state index contributed by atoms with van der Waals surface area (Å²) in [5.74, 6) is -1.99. The third-order valence-electron chi connectivity index (χ3n) is 4.56. The van der Waals surface area contributed by atoms with Crippen molar-refractivity contribution in [2.45, 2.75) is 17.7 Å². The van der Waals surface area contributed by atoms with Crippen LogP contribution in [-0.2, 0) is 19.6 Å². The minimum absolute atomic E-state index is 0.0119. The summed E-state index contributed by atoms with van der Waals surface area (Å²) in [5.41, 5.74) is 5.88. The molecule has 10 heteroatoms. The van der Waals surface area contributed by atoms with Gasteiger partial charge in [0.15, 0.2) is 6.61 Å². The molecule has 1 heterocycles. The van der Waals surface area contributed by atoms with Crippen LogP contribution in [0.1, 0.15) is 33.6 Å². The maximum absolute atomic E-state index is 12.6. The zero-order chi connectivity index (χ0) is 21.7. The molecule has 0 spiro atoms. The van der Waals surface area contributed by atoms with Crippen molar-refractivity contribution in [1.82, 2.24) is 4.31 Å². The SMILES string of the molecule is NC(=O)c1ccc(NC(=O)COC(=O)c2cccc(S(=O)(=O)N3CCCC3)c2)cc1. The van der Waals surface area contributed by atoms with Crippen molar-refractivity contribution in [1.29, 1.82) is 0 Å². The van der Waals surface area contributed by atoms with Gasteiger partial charge in [-0.2, -0.15) is 4.31 Å². The Kier molecular flexibility index (Phi) is 6.48. The molecule has 1 aliphatic rings. The number of nitrogens with one attached hydrogen (secondary N) is 1. The molecule has 2 aromatic carbocycles. The van der Waals surface area contributed by atoms with Crippen molar-refractivity contribution in [2.75, 3.05) is 25.0 Å². The number of nitrogens with two attached hydrogens (primary N) is 1. The van der Waals surface area contributed by atoms with E-state index in [1.54, 1.807) is 0 Å². The fourth-order valence-corrected chi connectivity index (χ4v) is 4.55. The van der Waals surface area contributed by atoms with Crippen LogP contribution < -0.4 is 11.1 Å². The Balaban J connectivity index is 1.59. The normalized spacial score (nSPS) is 14.3. The van der Waals surface area contributed by atoms with E-state index >= 15 is 0 Å². The molecule has 0 unspecified atom stereocenters. The first-order valence-electron chi connectivity index (χ1n) is 9.24. The highest BCUT2D eigenvalue weighted by Crippen LogP contribution is 2.21. The van der Waals surface area contributed by atoms with Crippen molar-refractivity contribution in [2.24, 2.45) is 5.73 Å². The topological polar surface area (TPSA) is 136 Å². The number of hydrogen-bond donors (Lipinski definition) is 2. The lowest BCUT2D eigenvalue weighted by molar-refractivity contribution is -0.119. The predicted octanol–water partition coefficient (Wildman–Crippen LogP) is 1.37. The van der Waals surface area contributed by atoms with Crippen LogP contribution in [0.3, 0.4) is 0 Å². The smallest absolute Gasteiger partial charge is 0.338 e. The summed E-state index contributed by atoms with van der Waals surface area (Å²) >= 11 is 0. The maximum atomic E-state index is 12.6. The summed E-state index contributed by atoms with van der Waals surface area (Å²) in [5, 5.41) is 2.52. The van der Waals surface area contributed by atoms with Crippen molar-refractivity contribution in [3.63, 3.8) is 0 Å². The highest BCUT2D eigenvalue weighted by molar-refractivity contribution is 7.89. The second-order valence-electron chi connectivity index (χ2n) is 6.70. The number of nitrogens with zero attached hydrogens (tertiary/aromatic N) is 1. The summed E-state index contributed by atoms with van der Waals surface area (Å²) in [4.78, 5) is 35.3. The second-order valence-corrected chi connectivity index (χ2v) is 8.64. The Labute approximate surface area is 173 Å². The van der Waals surface area contributed by atoms with E-state index in [9.17, 15) is 22.8 Å². The van der Waals surface area contributed by atoms with Crippen LogP contribution in [0.2, 0.25) is 0 Å². The fourth-order valence-electron chi connectivity index (χ4n) is 2.99. The minimum atomic E-state index is -3.66. The van der Waals surface area contributed by atoms with Crippen LogP contribution in [0.5, 0.6) is 0 Å². The molecule has 0 saturated carbocycles. The van der Waals surface area contributed by atoms with Gasteiger partial charge in [0.1, 0.15) is 0 Å². The number of hydrogen-bond acceptors (Lipinski definition) is 6. The number of esters is 1. The van der Waals surface area contributed by atoms with E-state index in [1.165, 1.54) is 52.8 Å². The maximum Gasteiger partial charge on any atom is 0.338 e. The fraction of sp³-hybridized carbons (Fsp3) is 0.250. The van der Waals surface area contributed by atoms with Gasteiger partial charge >= 0.3 is 5.97 Å². The first kappa shape index (κ1) is 21.5. The van der Waals surface area contributed by atoms with E-state index in [-0.39, 0.29) is 10.5 Å². The first-order valence-corrected chi connectivity index (χ1v) is 10.7. The Morgan fingerprint density at radius 2 is 1.67 bits per heavy atom. The molecular weight excluding hydrogens is 410 g/mol. The predicted molar refractivity (Wildman–Crippen MR) is 108 cm³/mol. The number of carbonyl (C=O) groups is 3. The van der Waals surface area contributed by atoms with Crippen LogP contribution in [0.25, 0.3) is 0 Å². The van der Waals surface area contributed by atoms with Gasteiger partial charge in [0.2, 0.25) is 15.9 Å². The van der Waals surface area contributed by atoms with Gasteiger partial charge in [0.05, 0.1) is 10.5 Å². The molecule has 3 rings (SSSR count). The molecule has 0 radical (unpaired) electrons. The van der Waals surface area contributed by atoms with Gasteiger partial charge in [-0.05, 0) is 55.3 Å². The molecule has 0 aromatic heterocycles. The monoisotopic (exact) mass is 431 g/mol. The van der Waals surface area contributed by atoms with E-state index in [0.29, 0.717) is 24.3 Å². The molecule has 0 aliphatic carbocycles. The number of carbonyl (C=O) groups excluding carboxylic acids is 3. The van der Waals surface area contributed by atoms with Crippen molar-refractivity contribution in [3.05, 3.63) is 59.7 Å². The summed E-state index contributed by atoms with van der Waals surface area (Å²) in [7, 11) is -3.66. The largest absolute Gasteiger partial charge is 0.452 e. The molecule has 0 bridgehead atoms. The molecule has 1 saturated heterocycles. The van der Waals surface area contributed by atoms with Crippen LogP contribution in [0.4, 0.5) is 5.69 Å². The van der Waals surface area contributed by atoms with Crippen LogP contribution in [0, 0.1) is 0 Å². The Morgan fingerprint density at radius 3 is 2.30 bits per heavy atom. The number of anilines is 1. The lowest BCUT2D eigenvalue weighted by atomic mass is 10.2. The quantitative estimate of drug-likeness (QED) is 0.636. The van der Waals surface area contributed by atoms with E-state index in [0.717, 1.165) is 12.8 Å². The Hall–Kier alpha value is -3.24. The molecule has 1 fully saturated rings. The van der Waals surface area contributed by atoms with Gasteiger partial charge in [0, 0.05) is 24.3 Å². The minimum Gasteiger partial charge on any atom is -0.452 e. The number of amides is 2. The molecule has 3 N–H and O–H groups in total. The van der Waals surface area contributed by atoms with Gasteiger partial charge in [-0.1, -0.05) is 6.07 Å². The molecule has 1 aliphatic heterocycles. The van der Waals surface area contributed by atoms with Crippen molar-refractivity contribution < 1.29 is 27.5 Å². The number of rotatable bonds is 7. The first-order chi connectivity index (χ1) is 14.3. The summed E-state index contributed by atoms with van der Waals surface area (Å²) in [6.45, 7) is 0.356. The standard InChI is InChI=1S/C20H21N3O6S/c21-19(25)14-6-8-16(9-7-14)22-18(24)13-29-20(26)15-4-3-5-17(12-15)30(27,28)23-10-1-2-11-23/h3-9,12H,1-2,10-11,13H2,(H2,21,25)(H,22,24). The zero-order valence-corrected chi connectivity index (χ0v) is 16.9. The van der Waals surface area contributed by atoms with Gasteiger partial charge in [-0.15, -0.1) is 0 Å². The zero-order valence-electron chi connectivity index (χ0n) is 16.0. The van der Waals surface area contributed by atoms with E-state index in [4.69, 9.17) is 10.5 Å². The molecular formula is C20H21N3O6S. The van der Waals surface area contributed by atoms with Crippen LogP contribution in [0.15, 0.2) is 53.4 Å². The molecule has 2 amide bonds. The van der Waals surface area contributed by atoms with Gasteiger partial charge < -0.3 is 15.8 Å². The number of benzene rings is 2. The van der Waals surface area contributed by atoms with Gasteiger partial charge in [-0.3, -0.25) is 9.59 Å². The lowest BCUT2D eigenvalue weighted by Crippen LogP contribution is -2.28. The highest BCUT2D eigenvalue weighted by Gasteiger charge is 2.27. The molecule has 2 aromatic rings. The number of primary amides is 1. The number of sulfonamides is 1. The van der Waals surface area contributed by atoms with E-state index < -0.39 is 34.4 Å². The molecule has 9 nitrogen and oxygen atoms in total. The third-order valence-corrected chi connectivity index (χ3v) is 6.45. The van der Waals surface area contributed by atoms with Crippen LogP contribution >= 0.6 is 0 Å². The third kappa shape index (κ3) is 5.02. The Morgan fingerprint density at radius 1 is 1.00 bits per heavy atom. The average molecular weight is 431 g/mol. The van der Waals surface area contributed by atoms with Gasteiger partial charge in [0.25, 0.3) is 5.91 Å². The van der Waals surface area contributed by atoms with Crippen molar-refractivity contribution >= 4 is 33.5 Å². The second kappa shape index (κ2) is 9.06. The van der Waals surface area contributed by atoms with Crippen molar-refractivity contribution in [3.8, 4) is 0 Å². The summed E-state index contributed by atoms with van der Waals surface area (Å²) < 4.78 is 31.6. The molecule has 158 valence electrons. The number of ether oxygens (including phenoxy) is 1. The van der Waals surface area contributed by atoms with E-state index in [2.05, 4.69) is 5.32 Å². The lowest BCUT2D eigenvalue weighted by Gasteiger charge is -2.15. The van der Waals surface area contributed by atoms with E-state index in [1.807, 2.05) is 0 Å². The summed E-state index contributed by atoms with van der Waals surface area (Å²) in [6, 6.07) is 11.4. The molecule has 0 atom stereocenters. The highest BCUT2D eigenvalue weighted by atomic mass is 32.2.